The Morgan fingerprint density at radius 3 is 2.73 bits per heavy atom. The quantitative estimate of drug-likeness (QED) is 0.764. The van der Waals surface area contributed by atoms with E-state index >= 15 is 0 Å². The highest BCUT2D eigenvalue weighted by Gasteiger charge is 2.26. The van der Waals surface area contributed by atoms with Gasteiger partial charge in [0.25, 0.3) is 0 Å². The molecule has 1 aromatic carbocycles. The lowest BCUT2D eigenvalue weighted by atomic mass is 9.95. The SMILES string of the molecule is CC.NCC1COc2ccccc2C1=O. The minimum atomic E-state index is -0.171. The minimum absolute atomic E-state index is 0.101. The lowest BCUT2D eigenvalue weighted by Gasteiger charge is -2.22. The van der Waals surface area contributed by atoms with Gasteiger partial charge in [-0.05, 0) is 12.1 Å². The Morgan fingerprint density at radius 2 is 2.07 bits per heavy atom. The van der Waals surface area contributed by atoms with Crippen molar-refractivity contribution in [3.8, 4) is 5.75 Å². The van der Waals surface area contributed by atoms with Crippen molar-refractivity contribution in [2.24, 2.45) is 11.7 Å². The second kappa shape index (κ2) is 5.51. The Hall–Kier alpha value is -1.35. The zero-order valence-electron chi connectivity index (χ0n) is 9.19. The molecule has 0 aliphatic carbocycles. The first kappa shape index (κ1) is 11.7. The van der Waals surface area contributed by atoms with Crippen LogP contribution in [-0.4, -0.2) is 18.9 Å². The van der Waals surface area contributed by atoms with Crippen LogP contribution < -0.4 is 10.5 Å². The number of nitrogens with two attached hydrogens (primary N) is 1. The van der Waals surface area contributed by atoms with Crippen molar-refractivity contribution < 1.29 is 9.53 Å². The van der Waals surface area contributed by atoms with Crippen molar-refractivity contribution in [3.05, 3.63) is 29.8 Å². The predicted octanol–water partition coefficient (Wildman–Crippen LogP) is 1.86. The van der Waals surface area contributed by atoms with Gasteiger partial charge in [-0.3, -0.25) is 4.79 Å². The van der Waals surface area contributed by atoms with E-state index in [9.17, 15) is 4.79 Å². The molecule has 1 atom stereocenters. The van der Waals surface area contributed by atoms with E-state index in [4.69, 9.17) is 10.5 Å². The van der Waals surface area contributed by atoms with Gasteiger partial charge in [-0.15, -0.1) is 0 Å². The summed E-state index contributed by atoms with van der Waals surface area (Å²) < 4.78 is 5.40. The van der Waals surface area contributed by atoms with E-state index in [-0.39, 0.29) is 11.7 Å². The van der Waals surface area contributed by atoms with Crippen molar-refractivity contribution in [1.29, 1.82) is 0 Å². The number of ketones is 1. The first-order chi connectivity index (χ1) is 7.33. The molecule has 1 heterocycles. The minimum Gasteiger partial charge on any atom is -0.492 e. The Kier molecular flexibility index (Phi) is 4.31. The molecule has 1 aliphatic heterocycles. The van der Waals surface area contributed by atoms with E-state index in [0.29, 0.717) is 24.5 Å². The van der Waals surface area contributed by atoms with Gasteiger partial charge in [-0.25, -0.2) is 0 Å². The third kappa shape index (κ3) is 2.36. The highest BCUT2D eigenvalue weighted by molar-refractivity contribution is 6.01. The molecule has 2 N–H and O–H groups in total. The monoisotopic (exact) mass is 207 g/mol. The standard InChI is InChI=1S/C10H11NO2.C2H6/c11-5-7-6-13-9-4-2-1-3-8(9)10(7)12;1-2/h1-4,7H,5-6,11H2;1-2H3. The fourth-order valence-electron chi connectivity index (χ4n) is 1.46. The first-order valence-corrected chi connectivity index (χ1v) is 5.29. The van der Waals surface area contributed by atoms with Crippen LogP contribution in [-0.2, 0) is 0 Å². The topological polar surface area (TPSA) is 52.3 Å². The number of rotatable bonds is 1. The van der Waals surface area contributed by atoms with Crippen LogP contribution in [0.15, 0.2) is 24.3 Å². The molecule has 1 aromatic rings. The molecule has 3 nitrogen and oxygen atoms in total. The lowest BCUT2D eigenvalue weighted by Crippen LogP contribution is -2.33. The van der Waals surface area contributed by atoms with Crippen LogP contribution in [0.3, 0.4) is 0 Å². The molecule has 0 bridgehead atoms. The molecular weight excluding hydrogens is 190 g/mol. The van der Waals surface area contributed by atoms with Crippen LogP contribution >= 0.6 is 0 Å². The summed E-state index contributed by atoms with van der Waals surface area (Å²) in [6.45, 7) is 4.76. The van der Waals surface area contributed by atoms with Crippen molar-refractivity contribution in [1.82, 2.24) is 0 Å². The van der Waals surface area contributed by atoms with Crippen LogP contribution in [0, 0.1) is 5.92 Å². The smallest absolute Gasteiger partial charge is 0.174 e. The predicted molar refractivity (Wildman–Crippen MR) is 60.2 cm³/mol. The molecule has 1 aliphatic rings. The number of hydrogen-bond acceptors (Lipinski definition) is 3. The first-order valence-electron chi connectivity index (χ1n) is 5.29. The third-order valence-corrected chi connectivity index (χ3v) is 2.25. The van der Waals surface area contributed by atoms with E-state index in [0.717, 1.165) is 0 Å². The second-order valence-electron chi connectivity index (χ2n) is 3.10. The van der Waals surface area contributed by atoms with Gasteiger partial charge < -0.3 is 10.5 Å². The third-order valence-electron chi connectivity index (χ3n) is 2.25. The maximum Gasteiger partial charge on any atom is 0.174 e. The van der Waals surface area contributed by atoms with Gasteiger partial charge in [0.05, 0.1) is 18.1 Å². The Balaban J connectivity index is 0.000000531. The molecule has 0 spiro atoms. The number of para-hydroxylation sites is 1. The lowest BCUT2D eigenvalue weighted by molar-refractivity contribution is 0.0839. The molecule has 0 aromatic heterocycles. The molecular formula is C12H17NO2. The Morgan fingerprint density at radius 1 is 1.40 bits per heavy atom. The van der Waals surface area contributed by atoms with E-state index < -0.39 is 0 Å². The highest BCUT2D eigenvalue weighted by atomic mass is 16.5. The fraction of sp³-hybridized carbons (Fsp3) is 0.417. The molecule has 0 radical (unpaired) electrons. The van der Waals surface area contributed by atoms with Gasteiger partial charge in [-0.1, -0.05) is 26.0 Å². The van der Waals surface area contributed by atoms with E-state index in [1.54, 1.807) is 12.1 Å². The zero-order valence-corrected chi connectivity index (χ0v) is 9.19. The summed E-state index contributed by atoms with van der Waals surface area (Å²) in [6, 6.07) is 7.27. The summed E-state index contributed by atoms with van der Waals surface area (Å²) in [6.07, 6.45) is 0. The number of ether oxygens (including phenoxy) is 1. The number of hydrogen-bond donors (Lipinski definition) is 1. The van der Waals surface area contributed by atoms with Crippen molar-refractivity contribution >= 4 is 5.78 Å². The molecule has 0 saturated carbocycles. The molecule has 15 heavy (non-hydrogen) atoms. The molecule has 82 valence electrons. The van der Waals surface area contributed by atoms with Gasteiger partial charge in [-0.2, -0.15) is 0 Å². The summed E-state index contributed by atoms with van der Waals surface area (Å²) >= 11 is 0. The number of fused-ring (bicyclic) bond motifs is 1. The normalized spacial score (nSPS) is 18.3. The van der Waals surface area contributed by atoms with Crippen LogP contribution in [0.2, 0.25) is 0 Å². The maximum atomic E-state index is 11.7. The van der Waals surface area contributed by atoms with E-state index in [1.165, 1.54) is 0 Å². The Bertz CT molecular complexity index is 336. The summed E-state index contributed by atoms with van der Waals surface area (Å²) in [4.78, 5) is 11.7. The van der Waals surface area contributed by atoms with Crippen LogP contribution in [0.1, 0.15) is 24.2 Å². The van der Waals surface area contributed by atoms with Gasteiger partial charge in [0.2, 0.25) is 0 Å². The molecule has 0 amide bonds. The van der Waals surface area contributed by atoms with Crippen molar-refractivity contribution in [2.75, 3.05) is 13.2 Å². The molecule has 0 saturated heterocycles. The highest BCUT2D eigenvalue weighted by Crippen LogP contribution is 2.26. The number of Topliss-reactive ketones (excluding diaryl/α,β-unsaturated/α-hetero) is 1. The Labute approximate surface area is 90.2 Å². The molecule has 2 rings (SSSR count). The van der Waals surface area contributed by atoms with E-state index in [2.05, 4.69) is 0 Å². The number of carbonyl (C=O) groups excluding carboxylic acids is 1. The summed E-state index contributed by atoms with van der Waals surface area (Å²) in [5, 5.41) is 0. The van der Waals surface area contributed by atoms with Crippen LogP contribution in [0.25, 0.3) is 0 Å². The van der Waals surface area contributed by atoms with Gasteiger partial charge >= 0.3 is 0 Å². The number of carbonyl (C=O) groups is 1. The van der Waals surface area contributed by atoms with Crippen LogP contribution in [0.5, 0.6) is 5.75 Å². The van der Waals surface area contributed by atoms with E-state index in [1.807, 2.05) is 26.0 Å². The average Bonchev–Trinajstić information content (AvgIpc) is 2.33. The summed E-state index contributed by atoms with van der Waals surface area (Å²) in [7, 11) is 0. The van der Waals surface area contributed by atoms with Gasteiger partial charge in [0.1, 0.15) is 5.75 Å². The second-order valence-corrected chi connectivity index (χ2v) is 3.10. The van der Waals surface area contributed by atoms with Gasteiger partial charge in [0, 0.05) is 6.54 Å². The fourth-order valence-corrected chi connectivity index (χ4v) is 1.46. The number of benzene rings is 1. The van der Waals surface area contributed by atoms with Crippen molar-refractivity contribution in [3.63, 3.8) is 0 Å². The largest absolute Gasteiger partial charge is 0.492 e. The van der Waals surface area contributed by atoms with Crippen LogP contribution in [0.4, 0.5) is 0 Å². The summed E-state index contributed by atoms with van der Waals surface area (Å²) in [5.41, 5.74) is 6.11. The zero-order chi connectivity index (χ0) is 11.3. The summed E-state index contributed by atoms with van der Waals surface area (Å²) in [5.74, 6) is 0.608. The molecule has 3 heteroatoms. The average molecular weight is 207 g/mol. The maximum absolute atomic E-state index is 11.7. The van der Waals surface area contributed by atoms with Crippen molar-refractivity contribution in [2.45, 2.75) is 13.8 Å². The van der Waals surface area contributed by atoms with Gasteiger partial charge in [0.15, 0.2) is 5.78 Å². The molecule has 1 unspecified atom stereocenters. The molecule has 0 fully saturated rings.